The van der Waals surface area contributed by atoms with Gasteiger partial charge in [-0.15, -0.1) is 0 Å². The van der Waals surface area contributed by atoms with E-state index in [1.165, 1.54) is 17.0 Å². The molecule has 0 unspecified atom stereocenters. The highest BCUT2D eigenvalue weighted by atomic mass is 35.5. The van der Waals surface area contributed by atoms with E-state index in [0.717, 1.165) is 0 Å². The standard InChI is InChI=1S/C22H25ClFN3O3/c1-25(14-18-19(23)7-4-8-20(18)24)21(28)15-26-9-11-27(12-10-26)22(29)16-5-3-6-17(13-16)30-2/h3-8,13H,9-12,14-15H2,1-2H3. The molecule has 160 valence electrons. The molecule has 0 bridgehead atoms. The SMILES string of the molecule is COc1cccc(C(=O)N2CCN(CC(=O)N(C)Cc3c(F)cccc3Cl)CC2)c1. The molecule has 1 aliphatic rings. The summed E-state index contributed by atoms with van der Waals surface area (Å²) in [6.45, 7) is 2.58. The van der Waals surface area contributed by atoms with Gasteiger partial charge in [0.2, 0.25) is 5.91 Å². The fourth-order valence-electron chi connectivity index (χ4n) is 3.37. The van der Waals surface area contributed by atoms with Crippen molar-refractivity contribution in [2.45, 2.75) is 6.54 Å². The van der Waals surface area contributed by atoms with Gasteiger partial charge in [-0.3, -0.25) is 14.5 Å². The van der Waals surface area contributed by atoms with Crippen molar-refractivity contribution in [1.82, 2.24) is 14.7 Å². The van der Waals surface area contributed by atoms with Gasteiger partial charge in [0.05, 0.1) is 13.7 Å². The minimum Gasteiger partial charge on any atom is -0.497 e. The lowest BCUT2D eigenvalue weighted by Crippen LogP contribution is -2.51. The zero-order valence-corrected chi connectivity index (χ0v) is 17.9. The number of ether oxygens (including phenoxy) is 1. The number of hydrogen-bond acceptors (Lipinski definition) is 4. The topological polar surface area (TPSA) is 53.1 Å². The number of rotatable bonds is 6. The first-order valence-corrected chi connectivity index (χ1v) is 10.1. The van der Waals surface area contributed by atoms with Gasteiger partial charge < -0.3 is 14.5 Å². The summed E-state index contributed by atoms with van der Waals surface area (Å²) in [7, 11) is 3.20. The van der Waals surface area contributed by atoms with Gasteiger partial charge in [-0.2, -0.15) is 0 Å². The number of piperazine rings is 1. The molecule has 8 heteroatoms. The Kier molecular flexibility index (Phi) is 7.29. The number of nitrogens with zero attached hydrogens (tertiary/aromatic N) is 3. The molecule has 0 radical (unpaired) electrons. The van der Waals surface area contributed by atoms with Crippen LogP contribution in [0.4, 0.5) is 4.39 Å². The number of likely N-dealkylation sites (N-methyl/N-ethyl adjacent to an activating group) is 1. The number of hydrogen-bond donors (Lipinski definition) is 0. The molecule has 0 atom stereocenters. The predicted octanol–water partition coefficient (Wildman–Crippen LogP) is 2.90. The van der Waals surface area contributed by atoms with Crippen molar-refractivity contribution in [3.8, 4) is 5.75 Å². The molecule has 3 rings (SSSR count). The van der Waals surface area contributed by atoms with E-state index in [4.69, 9.17) is 16.3 Å². The van der Waals surface area contributed by atoms with Crippen molar-refractivity contribution in [2.75, 3.05) is 46.9 Å². The Morgan fingerprint density at radius 3 is 2.50 bits per heavy atom. The first kappa shape index (κ1) is 22.1. The summed E-state index contributed by atoms with van der Waals surface area (Å²) in [5.74, 6) is 0.0444. The highest BCUT2D eigenvalue weighted by molar-refractivity contribution is 6.31. The Morgan fingerprint density at radius 2 is 1.83 bits per heavy atom. The molecule has 0 aromatic heterocycles. The second-order valence-corrected chi connectivity index (χ2v) is 7.66. The van der Waals surface area contributed by atoms with Crippen molar-refractivity contribution >= 4 is 23.4 Å². The van der Waals surface area contributed by atoms with Crippen LogP contribution in [0.15, 0.2) is 42.5 Å². The van der Waals surface area contributed by atoms with Crippen molar-refractivity contribution < 1.29 is 18.7 Å². The Labute approximate surface area is 180 Å². The second kappa shape index (κ2) is 9.91. The maximum Gasteiger partial charge on any atom is 0.254 e. The van der Waals surface area contributed by atoms with Gasteiger partial charge in [0.15, 0.2) is 0 Å². The van der Waals surface area contributed by atoms with Gasteiger partial charge in [-0.05, 0) is 30.3 Å². The van der Waals surface area contributed by atoms with Crippen molar-refractivity contribution in [3.63, 3.8) is 0 Å². The maximum absolute atomic E-state index is 14.0. The number of methoxy groups -OCH3 is 1. The van der Waals surface area contributed by atoms with Gasteiger partial charge >= 0.3 is 0 Å². The molecule has 0 aliphatic carbocycles. The molecule has 1 heterocycles. The van der Waals surface area contributed by atoms with E-state index in [9.17, 15) is 14.0 Å². The molecule has 1 fully saturated rings. The average molecular weight is 434 g/mol. The third-order valence-electron chi connectivity index (χ3n) is 5.22. The van der Waals surface area contributed by atoms with E-state index < -0.39 is 5.82 Å². The number of carbonyl (C=O) groups is 2. The molecule has 6 nitrogen and oxygen atoms in total. The van der Waals surface area contributed by atoms with Gasteiger partial charge in [-0.1, -0.05) is 23.7 Å². The maximum atomic E-state index is 14.0. The Balaban J connectivity index is 1.51. The van der Waals surface area contributed by atoms with E-state index in [1.54, 1.807) is 49.4 Å². The molecule has 30 heavy (non-hydrogen) atoms. The van der Waals surface area contributed by atoms with Crippen LogP contribution >= 0.6 is 11.6 Å². The van der Waals surface area contributed by atoms with E-state index in [1.807, 2.05) is 4.90 Å². The Bertz CT molecular complexity index is 896. The predicted molar refractivity (Wildman–Crippen MR) is 113 cm³/mol. The zero-order chi connectivity index (χ0) is 21.7. The van der Waals surface area contributed by atoms with Crippen LogP contribution in [0.3, 0.4) is 0 Å². The Hall–Kier alpha value is -2.64. The summed E-state index contributed by atoms with van der Waals surface area (Å²) in [5, 5.41) is 0.305. The van der Waals surface area contributed by atoms with Gasteiger partial charge in [0.25, 0.3) is 5.91 Å². The van der Waals surface area contributed by atoms with Crippen LogP contribution in [-0.2, 0) is 11.3 Å². The number of carbonyl (C=O) groups excluding carboxylic acids is 2. The van der Waals surface area contributed by atoms with Crippen LogP contribution in [0.5, 0.6) is 5.75 Å². The molecule has 0 saturated carbocycles. The minimum absolute atomic E-state index is 0.0498. The molecule has 1 aliphatic heterocycles. The van der Waals surface area contributed by atoms with Crippen molar-refractivity contribution in [3.05, 3.63) is 64.4 Å². The molecule has 1 saturated heterocycles. The van der Waals surface area contributed by atoms with E-state index in [2.05, 4.69) is 0 Å². The van der Waals surface area contributed by atoms with Crippen LogP contribution in [-0.4, -0.2) is 73.4 Å². The molecular weight excluding hydrogens is 409 g/mol. The fourth-order valence-corrected chi connectivity index (χ4v) is 3.59. The largest absolute Gasteiger partial charge is 0.497 e. The van der Waals surface area contributed by atoms with E-state index in [-0.39, 0.29) is 24.9 Å². The number of amides is 2. The summed E-state index contributed by atoms with van der Waals surface area (Å²) in [6, 6.07) is 11.6. The van der Waals surface area contributed by atoms with Crippen LogP contribution < -0.4 is 4.74 Å². The average Bonchev–Trinajstić information content (AvgIpc) is 2.76. The highest BCUT2D eigenvalue weighted by Crippen LogP contribution is 2.20. The van der Waals surface area contributed by atoms with Crippen LogP contribution in [0, 0.1) is 5.82 Å². The molecule has 2 aromatic rings. The third-order valence-corrected chi connectivity index (χ3v) is 5.57. The molecule has 2 amide bonds. The molecule has 2 aromatic carbocycles. The summed E-state index contributed by atoms with van der Waals surface area (Å²) >= 11 is 6.05. The van der Waals surface area contributed by atoms with Gasteiger partial charge in [0, 0.05) is 55.9 Å². The zero-order valence-electron chi connectivity index (χ0n) is 17.1. The minimum atomic E-state index is -0.424. The Morgan fingerprint density at radius 1 is 1.13 bits per heavy atom. The van der Waals surface area contributed by atoms with Gasteiger partial charge in [0.1, 0.15) is 11.6 Å². The number of benzene rings is 2. The third kappa shape index (κ3) is 5.29. The quantitative estimate of drug-likeness (QED) is 0.703. The summed E-state index contributed by atoms with van der Waals surface area (Å²) < 4.78 is 19.1. The molecule has 0 spiro atoms. The lowest BCUT2D eigenvalue weighted by Gasteiger charge is -2.35. The van der Waals surface area contributed by atoms with Crippen LogP contribution in [0.25, 0.3) is 0 Å². The summed E-state index contributed by atoms with van der Waals surface area (Å²) in [5.41, 5.74) is 0.893. The normalized spacial score (nSPS) is 14.5. The highest BCUT2D eigenvalue weighted by Gasteiger charge is 2.24. The van der Waals surface area contributed by atoms with Gasteiger partial charge in [-0.25, -0.2) is 4.39 Å². The first-order valence-electron chi connectivity index (χ1n) is 9.71. The van der Waals surface area contributed by atoms with Crippen LogP contribution in [0.2, 0.25) is 5.02 Å². The molecule has 0 N–H and O–H groups in total. The monoisotopic (exact) mass is 433 g/mol. The number of halogens is 2. The lowest BCUT2D eigenvalue weighted by molar-refractivity contribution is -0.132. The van der Waals surface area contributed by atoms with E-state index >= 15 is 0 Å². The lowest BCUT2D eigenvalue weighted by atomic mass is 10.1. The van der Waals surface area contributed by atoms with Crippen LogP contribution in [0.1, 0.15) is 15.9 Å². The smallest absolute Gasteiger partial charge is 0.254 e. The summed E-state index contributed by atoms with van der Waals surface area (Å²) in [4.78, 5) is 30.5. The van der Waals surface area contributed by atoms with Crippen molar-refractivity contribution in [2.24, 2.45) is 0 Å². The van der Waals surface area contributed by atoms with E-state index in [0.29, 0.717) is 48.1 Å². The summed E-state index contributed by atoms with van der Waals surface area (Å²) in [6.07, 6.45) is 0. The second-order valence-electron chi connectivity index (χ2n) is 7.25. The first-order chi connectivity index (χ1) is 14.4. The molecular formula is C22H25ClFN3O3. The fraction of sp³-hybridized carbons (Fsp3) is 0.364. The van der Waals surface area contributed by atoms with Crippen molar-refractivity contribution in [1.29, 1.82) is 0 Å².